The number of benzene rings is 1. The minimum Gasteiger partial charge on any atom is -0.507 e. The minimum atomic E-state index is -0.189. The zero-order valence-electron chi connectivity index (χ0n) is 10.9. The number of hydrogen-bond acceptors (Lipinski definition) is 3. The zero-order chi connectivity index (χ0) is 13.1. The van der Waals surface area contributed by atoms with Gasteiger partial charge < -0.3 is 15.7 Å². The largest absolute Gasteiger partial charge is 0.507 e. The predicted molar refractivity (Wildman–Crippen MR) is 70.7 cm³/mol. The molecule has 0 aromatic heterocycles. The second kappa shape index (κ2) is 5.40. The standard InChI is InChI=1S/C14H20N2O2/c1-9-3-4-11(13(17)7-9)14(18)16-12-5-6-15-8-10(12)2/h3-4,7,10,12,15,17H,5-6,8H2,1-2H3,(H,16,18). The monoisotopic (exact) mass is 248 g/mol. The molecule has 0 bridgehead atoms. The zero-order valence-corrected chi connectivity index (χ0v) is 10.9. The lowest BCUT2D eigenvalue weighted by Crippen LogP contribution is -2.48. The molecule has 1 fully saturated rings. The molecule has 3 N–H and O–H groups in total. The van der Waals surface area contributed by atoms with Crippen LogP contribution in [0.15, 0.2) is 18.2 Å². The van der Waals surface area contributed by atoms with Gasteiger partial charge in [-0.3, -0.25) is 4.79 Å². The molecular weight excluding hydrogens is 228 g/mol. The lowest BCUT2D eigenvalue weighted by molar-refractivity contribution is 0.0911. The van der Waals surface area contributed by atoms with Crippen molar-refractivity contribution in [2.75, 3.05) is 13.1 Å². The van der Waals surface area contributed by atoms with Crippen LogP contribution in [0, 0.1) is 12.8 Å². The van der Waals surface area contributed by atoms with E-state index in [1.54, 1.807) is 12.1 Å². The molecule has 1 heterocycles. The molecule has 18 heavy (non-hydrogen) atoms. The smallest absolute Gasteiger partial charge is 0.255 e. The number of phenolic OH excluding ortho intramolecular Hbond substituents is 1. The maximum Gasteiger partial charge on any atom is 0.255 e. The van der Waals surface area contributed by atoms with E-state index in [9.17, 15) is 9.90 Å². The highest BCUT2D eigenvalue weighted by Gasteiger charge is 2.23. The van der Waals surface area contributed by atoms with Crippen LogP contribution in [0.1, 0.15) is 29.3 Å². The molecule has 2 atom stereocenters. The number of phenols is 1. The minimum absolute atomic E-state index is 0.0501. The van der Waals surface area contributed by atoms with E-state index in [0.29, 0.717) is 11.5 Å². The van der Waals surface area contributed by atoms with Gasteiger partial charge in [-0.2, -0.15) is 0 Å². The molecule has 1 aromatic carbocycles. The molecule has 1 aliphatic heterocycles. The van der Waals surface area contributed by atoms with Crippen LogP contribution in [0.25, 0.3) is 0 Å². The van der Waals surface area contributed by atoms with Gasteiger partial charge in [-0.15, -0.1) is 0 Å². The Balaban J connectivity index is 2.07. The van der Waals surface area contributed by atoms with Crippen molar-refractivity contribution in [3.63, 3.8) is 0 Å². The normalized spacial score (nSPS) is 23.7. The molecule has 4 heteroatoms. The molecule has 2 rings (SSSR count). The molecule has 2 unspecified atom stereocenters. The summed E-state index contributed by atoms with van der Waals surface area (Å²) < 4.78 is 0. The van der Waals surface area contributed by atoms with Gasteiger partial charge in [0.1, 0.15) is 5.75 Å². The molecule has 0 spiro atoms. The van der Waals surface area contributed by atoms with Gasteiger partial charge in [0.15, 0.2) is 0 Å². The molecule has 0 radical (unpaired) electrons. The fourth-order valence-corrected chi connectivity index (χ4v) is 2.31. The summed E-state index contributed by atoms with van der Waals surface area (Å²) in [6, 6.07) is 5.30. The number of amides is 1. The number of carbonyl (C=O) groups is 1. The Morgan fingerprint density at radius 2 is 2.28 bits per heavy atom. The van der Waals surface area contributed by atoms with Crippen LogP contribution in [0.5, 0.6) is 5.75 Å². The molecule has 1 amide bonds. The first-order valence-corrected chi connectivity index (χ1v) is 6.39. The van der Waals surface area contributed by atoms with Gasteiger partial charge >= 0.3 is 0 Å². The van der Waals surface area contributed by atoms with Gasteiger partial charge in [0.2, 0.25) is 0 Å². The van der Waals surface area contributed by atoms with E-state index >= 15 is 0 Å². The van der Waals surface area contributed by atoms with E-state index in [-0.39, 0.29) is 17.7 Å². The molecular formula is C14H20N2O2. The van der Waals surface area contributed by atoms with Crippen LogP contribution in [-0.4, -0.2) is 30.1 Å². The van der Waals surface area contributed by atoms with Crippen molar-refractivity contribution >= 4 is 5.91 Å². The van der Waals surface area contributed by atoms with E-state index in [4.69, 9.17) is 0 Å². The molecule has 4 nitrogen and oxygen atoms in total. The molecule has 0 saturated carbocycles. The number of carbonyl (C=O) groups excluding carboxylic acids is 1. The van der Waals surface area contributed by atoms with Crippen LogP contribution in [-0.2, 0) is 0 Å². The topological polar surface area (TPSA) is 61.4 Å². The van der Waals surface area contributed by atoms with Crippen molar-refractivity contribution in [2.45, 2.75) is 26.3 Å². The summed E-state index contributed by atoms with van der Waals surface area (Å²) in [6.07, 6.45) is 0.930. The Hall–Kier alpha value is -1.55. The van der Waals surface area contributed by atoms with Crippen molar-refractivity contribution in [1.82, 2.24) is 10.6 Å². The Labute approximate surface area is 107 Å². The highest BCUT2D eigenvalue weighted by Crippen LogP contribution is 2.19. The average molecular weight is 248 g/mol. The summed E-state index contributed by atoms with van der Waals surface area (Å²) in [5.74, 6) is 0.274. The first-order valence-electron chi connectivity index (χ1n) is 6.39. The van der Waals surface area contributed by atoms with E-state index in [1.165, 1.54) is 0 Å². The Morgan fingerprint density at radius 1 is 1.50 bits per heavy atom. The van der Waals surface area contributed by atoms with Gasteiger partial charge in [0.05, 0.1) is 5.56 Å². The first-order chi connectivity index (χ1) is 8.58. The van der Waals surface area contributed by atoms with Crippen molar-refractivity contribution in [1.29, 1.82) is 0 Å². The van der Waals surface area contributed by atoms with Gasteiger partial charge in [-0.25, -0.2) is 0 Å². The number of rotatable bonds is 2. The maximum absolute atomic E-state index is 12.1. The number of hydrogen-bond donors (Lipinski definition) is 3. The number of nitrogens with one attached hydrogen (secondary N) is 2. The second-order valence-electron chi connectivity index (χ2n) is 5.07. The lowest BCUT2D eigenvalue weighted by Gasteiger charge is -2.30. The second-order valence-corrected chi connectivity index (χ2v) is 5.07. The summed E-state index contributed by atoms with van der Waals surface area (Å²) >= 11 is 0. The summed E-state index contributed by atoms with van der Waals surface area (Å²) in [5, 5.41) is 16.1. The van der Waals surface area contributed by atoms with Crippen LogP contribution >= 0.6 is 0 Å². The summed E-state index contributed by atoms with van der Waals surface area (Å²) in [5.41, 5.74) is 1.30. The van der Waals surface area contributed by atoms with Gasteiger partial charge in [0.25, 0.3) is 5.91 Å². The third-order valence-electron chi connectivity index (χ3n) is 3.50. The molecule has 1 aromatic rings. The Morgan fingerprint density at radius 3 is 2.94 bits per heavy atom. The molecule has 0 aliphatic carbocycles. The Bertz CT molecular complexity index is 445. The van der Waals surface area contributed by atoms with E-state index < -0.39 is 0 Å². The average Bonchev–Trinajstić information content (AvgIpc) is 2.32. The SMILES string of the molecule is Cc1ccc(C(=O)NC2CCNCC2C)c(O)c1. The van der Waals surface area contributed by atoms with Gasteiger partial charge in [-0.1, -0.05) is 13.0 Å². The van der Waals surface area contributed by atoms with Gasteiger partial charge in [0, 0.05) is 6.04 Å². The quantitative estimate of drug-likeness (QED) is 0.742. The van der Waals surface area contributed by atoms with Crippen LogP contribution in [0.4, 0.5) is 0 Å². The van der Waals surface area contributed by atoms with E-state index in [1.807, 2.05) is 13.0 Å². The van der Waals surface area contributed by atoms with Gasteiger partial charge in [-0.05, 0) is 50.0 Å². The number of piperidine rings is 1. The number of aryl methyl sites for hydroxylation is 1. The summed E-state index contributed by atoms with van der Waals surface area (Å²) in [7, 11) is 0. The van der Waals surface area contributed by atoms with Crippen LogP contribution < -0.4 is 10.6 Å². The maximum atomic E-state index is 12.1. The fourth-order valence-electron chi connectivity index (χ4n) is 2.31. The fraction of sp³-hybridized carbons (Fsp3) is 0.500. The summed E-state index contributed by atoms with van der Waals surface area (Å²) in [6.45, 7) is 5.85. The Kier molecular flexibility index (Phi) is 3.87. The van der Waals surface area contributed by atoms with Crippen molar-refractivity contribution < 1.29 is 9.90 Å². The van der Waals surface area contributed by atoms with Crippen molar-refractivity contribution in [3.8, 4) is 5.75 Å². The number of aromatic hydroxyl groups is 1. The summed E-state index contributed by atoms with van der Waals surface area (Å²) in [4.78, 5) is 12.1. The molecule has 1 aliphatic rings. The highest BCUT2D eigenvalue weighted by atomic mass is 16.3. The molecule has 98 valence electrons. The van der Waals surface area contributed by atoms with Crippen LogP contribution in [0.3, 0.4) is 0 Å². The third-order valence-corrected chi connectivity index (χ3v) is 3.50. The third kappa shape index (κ3) is 2.82. The van der Waals surface area contributed by atoms with E-state index in [2.05, 4.69) is 17.6 Å². The first kappa shape index (κ1) is 12.9. The lowest BCUT2D eigenvalue weighted by atomic mass is 9.95. The van der Waals surface area contributed by atoms with Crippen LogP contribution in [0.2, 0.25) is 0 Å². The van der Waals surface area contributed by atoms with E-state index in [0.717, 1.165) is 25.1 Å². The molecule has 1 saturated heterocycles. The predicted octanol–water partition coefficient (Wildman–Crippen LogP) is 1.43. The van der Waals surface area contributed by atoms with Crippen molar-refractivity contribution in [3.05, 3.63) is 29.3 Å². The highest BCUT2D eigenvalue weighted by molar-refractivity contribution is 5.97. The van der Waals surface area contributed by atoms with Crippen molar-refractivity contribution in [2.24, 2.45) is 5.92 Å².